The second-order valence-electron chi connectivity index (χ2n) is 5.88. The van der Waals surface area contributed by atoms with E-state index in [1.165, 1.54) is 10.9 Å². The lowest BCUT2D eigenvalue weighted by molar-refractivity contribution is -0.134. The lowest BCUT2D eigenvalue weighted by atomic mass is 10.1. The van der Waals surface area contributed by atoms with E-state index in [-0.39, 0.29) is 23.4 Å². The number of nitrogen functional groups attached to an aromatic ring is 1. The molecule has 0 aromatic carbocycles. The fourth-order valence-electron chi connectivity index (χ4n) is 2.85. The van der Waals surface area contributed by atoms with E-state index in [2.05, 4.69) is 15.0 Å². The number of hydrogen-bond acceptors (Lipinski definition) is 11. The maximum atomic E-state index is 12.4. The molecule has 0 spiro atoms. The Morgan fingerprint density at radius 3 is 2.59 bits per heavy atom. The average Bonchev–Trinajstić information content (AvgIpc) is 3.08. The van der Waals surface area contributed by atoms with Gasteiger partial charge in [0.1, 0.15) is 24.2 Å². The van der Waals surface area contributed by atoms with Crippen molar-refractivity contribution < 1.29 is 43.7 Å². The number of Topliss-reactive ketones (excluding diaryl/α,β-unsaturated/α-hetero) is 1. The van der Waals surface area contributed by atoms with Gasteiger partial charge in [0.15, 0.2) is 11.5 Å². The largest absolute Gasteiger partial charge is 0.427 e. The molecule has 0 aliphatic carbocycles. The first-order valence-corrected chi connectivity index (χ1v) is 10.7. The number of ketones is 1. The monoisotopic (exact) mass is 424 g/mol. The van der Waals surface area contributed by atoms with E-state index in [0.717, 1.165) is 6.33 Å². The van der Waals surface area contributed by atoms with Crippen LogP contribution in [0.3, 0.4) is 0 Å². The number of fused-ring (bicyclic) bond motifs is 1. The molecule has 0 radical (unpaired) electrons. The summed E-state index contributed by atoms with van der Waals surface area (Å²) in [4.78, 5) is 70.4. The van der Waals surface area contributed by atoms with E-state index in [9.17, 15) is 38.9 Å². The zero-order chi connectivity index (χ0) is 20.1. The minimum absolute atomic E-state index is 0.0851. The van der Waals surface area contributed by atoms with E-state index in [0.29, 0.717) is 0 Å². The standard InChI is InChI=1S/C11H15N5O9P2/c12-9-6-10(14-2-13-9)16(3-15-6)5-1-4(17)8(25-5)7(18)11(26(19,20)21)27(22,23)24/h2-5,8,11,17,19-21H,1H2,(H3-,12,13,14,22,23,24)/p+1/t4?,5-,8+,11?/m1/s1. The van der Waals surface area contributed by atoms with Crippen LogP contribution in [0, 0.1) is 0 Å². The highest BCUT2D eigenvalue weighted by Crippen LogP contribution is 2.65. The molecule has 2 aromatic heterocycles. The normalized spacial score (nSPS) is 25.0. The summed E-state index contributed by atoms with van der Waals surface area (Å²) < 4.78 is 18.1. The van der Waals surface area contributed by atoms with Gasteiger partial charge < -0.3 is 25.4 Å². The summed E-state index contributed by atoms with van der Waals surface area (Å²) in [5, 5.41) is 7.29. The Morgan fingerprint density at radius 2 is 2.00 bits per heavy atom. The molecule has 27 heavy (non-hydrogen) atoms. The quantitative estimate of drug-likeness (QED) is 0.254. The van der Waals surface area contributed by atoms with Crippen LogP contribution in [-0.2, 0) is 14.1 Å². The summed E-state index contributed by atoms with van der Waals surface area (Å²) in [6.45, 7) is 0. The van der Waals surface area contributed by atoms with Crippen molar-refractivity contribution in [3.05, 3.63) is 12.7 Å². The summed E-state index contributed by atoms with van der Waals surface area (Å²) in [6.07, 6.45) is -2.16. The molecule has 0 saturated carbocycles. The zero-order valence-corrected chi connectivity index (χ0v) is 15.1. The number of rotatable bonds is 5. The van der Waals surface area contributed by atoms with Crippen LogP contribution >= 0.6 is 15.5 Å². The van der Waals surface area contributed by atoms with Crippen LogP contribution in [0.1, 0.15) is 12.6 Å². The Morgan fingerprint density at radius 1 is 1.33 bits per heavy atom. The van der Waals surface area contributed by atoms with Crippen LogP contribution in [0.25, 0.3) is 11.2 Å². The minimum atomic E-state index is -5.46. The van der Waals surface area contributed by atoms with Crippen molar-refractivity contribution in [2.45, 2.75) is 30.3 Å². The van der Waals surface area contributed by atoms with Crippen LogP contribution in [-0.4, -0.2) is 72.5 Å². The van der Waals surface area contributed by atoms with Gasteiger partial charge in [-0.15, -0.1) is 0 Å². The van der Waals surface area contributed by atoms with Crippen LogP contribution < -0.4 is 5.73 Å². The topological polar surface area (TPSA) is 234 Å². The summed E-state index contributed by atoms with van der Waals surface area (Å²) in [5.41, 5.74) is 6.14. The van der Waals surface area contributed by atoms with E-state index >= 15 is 0 Å². The first-order valence-electron chi connectivity index (χ1n) is 7.33. The highest BCUT2D eigenvalue weighted by atomic mass is 31.3. The number of nitrogens with two attached hydrogens (primary N) is 1. The lowest BCUT2D eigenvalue weighted by Gasteiger charge is -2.21. The number of hydrogen-bond donors (Lipinski definition) is 7. The molecule has 8 N–H and O–H groups in total. The van der Waals surface area contributed by atoms with Crippen LogP contribution in [0.5, 0.6) is 0 Å². The summed E-state index contributed by atoms with van der Waals surface area (Å²) in [7, 11) is -10.7. The van der Waals surface area contributed by atoms with Crippen LogP contribution in [0.4, 0.5) is 5.82 Å². The third kappa shape index (κ3) is 3.72. The van der Waals surface area contributed by atoms with Crippen molar-refractivity contribution in [1.82, 2.24) is 19.5 Å². The molecule has 1 fully saturated rings. The van der Waals surface area contributed by atoms with Crippen molar-refractivity contribution in [3.63, 3.8) is 0 Å². The number of aliphatic hydroxyl groups excluding tert-OH is 1. The maximum Gasteiger partial charge on any atom is 0.427 e. The summed E-state index contributed by atoms with van der Waals surface area (Å²) in [5.74, 6) is -1.44. The number of imidazole rings is 1. The van der Waals surface area contributed by atoms with Gasteiger partial charge in [-0.1, -0.05) is 0 Å². The Kier molecular flexibility index (Phi) is 5.06. The second kappa shape index (κ2) is 6.78. The zero-order valence-electron chi connectivity index (χ0n) is 13.3. The van der Waals surface area contributed by atoms with Crippen LogP contribution in [0.15, 0.2) is 12.7 Å². The second-order valence-corrected chi connectivity index (χ2v) is 9.73. The molecule has 16 heteroatoms. The smallest absolute Gasteiger partial charge is 0.390 e. The molecule has 148 valence electrons. The van der Waals surface area contributed by atoms with Gasteiger partial charge in [0.05, 0.1) is 12.4 Å². The number of carbonyl (C=O) groups excluding carboxylic acids is 1. The van der Waals surface area contributed by atoms with E-state index in [1.54, 1.807) is 0 Å². The van der Waals surface area contributed by atoms with Gasteiger partial charge in [-0.25, -0.2) is 15.0 Å². The first kappa shape index (κ1) is 20.1. The van der Waals surface area contributed by atoms with Gasteiger partial charge in [-0.2, -0.15) is 14.7 Å². The molecule has 1 saturated heterocycles. The fraction of sp³-hybridized carbons (Fsp3) is 0.455. The molecule has 4 atom stereocenters. The van der Waals surface area contributed by atoms with E-state index in [1.807, 2.05) is 0 Å². The molecule has 3 rings (SSSR count). The molecule has 1 aliphatic rings. The fourth-order valence-corrected chi connectivity index (χ4v) is 5.43. The summed E-state index contributed by atoms with van der Waals surface area (Å²) >= 11 is 0. The average molecular weight is 424 g/mol. The van der Waals surface area contributed by atoms with Crippen molar-refractivity contribution in [2.24, 2.45) is 0 Å². The predicted octanol–water partition coefficient (Wildman–Crippen LogP) is -2.13. The van der Waals surface area contributed by atoms with Gasteiger partial charge in [0, 0.05) is 6.42 Å². The highest BCUT2D eigenvalue weighted by Gasteiger charge is 2.62. The Balaban J connectivity index is 1.91. The predicted molar refractivity (Wildman–Crippen MR) is 88.7 cm³/mol. The van der Waals surface area contributed by atoms with Crippen molar-refractivity contribution >= 4 is 38.3 Å². The summed E-state index contributed by atoms with van der Waals surface area (Å²) in [6, 6.07) is 0. The first-order chi connectivity index (χ1) is 12.4. The third-order valence-electron chi connectivity index (χ3n) is 3.98. The molecule has 0 bridgehead atoms. The van der Waals surface area contributed by atoms with E-state index < -0.39 is 45.2 Å². The highest BCUT2D eigenvalue weighted by molar-refractivity contribution is 7.76. The molecule has 0 amide bonds. The lowest BCUT2D eigenvalue weighted by Crippen LogP contribution is -2.39. The van der Waals surface area contributed by atoms with Gasteiger partial charge in [-0.3, -0.25) is 13.9 Å². The van der Waals surface area contributed by atoms with Gasteiger partial charge in [-0.05, 0) is 0 Å². The molecule has 3 heterocycles. The molecule has 2 unspecified atom stereocenters. The van der Waals surface area contributed by atoms with Gasteiger partial charge in [0.2, 0.25) is 5.78 Å². The van der Waals surface area contributed by atoms with E-state index in [4.69, 9.17) is 10.5 Å². The molecular formula is C11H16N5O9P2+. The Hall–Kier alpha value is -1.60. The number of nitrogens with zero attached hydrogens (tertiary/aromatic N) is 4. The number of carbonyl (C=O) groups is 1. The van der Waals surface area contributed by atoms with Crippen molar-refractivity contribution in [1.29, 1.82) is 0 Å². The third-order valence-corrected chi connectivity index (χ3v) is 7.61. The SMILES string of the molecule is Nc1ncnc2c1ncn2[C@H]1CC(O)[C@@H](C(=O)C(P(=O)(O)O)[P+](O)(O)O)O1. The number of aliphatic hydroxyl groups is 1. The van der Waals surface area contributed by atoms with Crippen molar-refractivity contribution in [3.8, 4) is 0 Å². The molecule has 14 nitrogen and oxygen atoms in total. The minimum Gasteiger partial charge on any atom is -0.390 e. The van der Waals surface area contributed by atoms with Crippen LogP contribution in [0.2, 0.25) is 0 Å². The number of aromatic nitrogens is 4. The van der Waals surface area contributed by atoms with Crippen molar-refractivity contribution in [2.75, 3.05) is 5.73 Å². The maximum absolute atomic E-state index is 12.4. The van der Waals surface area contributed by atoms with Gasteiger partial charge in [0.25, 0.3) is 0 Å². The molecule has 1 aliphatic heterocycles. The number of ether oxygens (including phenoxy) is 1. The Labute approximate surface area is 151 Å². The Bertz CT molecular complexity index is 925. The number of anilines is 1. The molecular weight excluding hydrogens is 408 g/mol. The molecule has 2 aromatic rings. The van der Waals surface area contributed by atoms with Gasteiger partial charge >= 0.3 is 20.9 Å².